The van der Waals surface area contributed by atoms with Gasteiger partial charge in [0.1, 0.15) is 12.4 Å². The second kappa shape index (κ2) is 9.58. The van der Waals surface area contributed by atoms with Gasteiger partial charge in [-0.3, -0.25) is 14.5 Å². The fourth-order valence-electron chi connectivity index (χ4n) is 3.59. The number of carbonyl (C=O) groups excluding carboxylic acids is 2. The van der Waals surface area contributed by atoms with E-state index < -0.39 is 0 Å². The van der Waals surface area contributed by atoms with Gasteiger partial charge in [0.25, 0.3) is 11.1 Å². The monoisotopic (exact) mass is 442 g/mol. The summed E-state index contributed by atoms with van der Waals surface area (Å²) in [5, 5.41) is 0.221. The number of hydrogen-bond acceptors (Lipinski definition) is 5. The van der Waals surface area contributed by atoms with Crippen molar-refractivity contribution in [1.82, 2.24) is 4.90 Å². The van der Waals surface area contributed by atoms with Gasteiger partial charge in [-0.1, -0.05) is 35.9 Å². The highest BCUT2D eigenvalue weighted by Gasteiger charge is 2.34. The van der Waals surface area contributed by atoms with Crippen LogP contribution in [0.2, 0.25) is 5.02 Å². The predicted molar refractivity (Wildman–Crippen MR) is 122 cm³/mol. The number of amides is 2. The van der Waals surface area contributed by atoms with Gasteiger partial charge in [0.15, 0.2) is 0 Å². The molecular weight excluding hydrogens is 420 g/mol. The fourth-order valence-corrected chi connectivity index (χ4v) is 4.64. The molecule has 2 aromatic carbocycles. The first-order valence-electron chi connectivity index (χ1n) is 10.1. The maximum Gasteiger partial charge on any atom is 0.293 e. The fraction of sp³-hybridized carbons (Fsp3) is 0.304. The van der Waals surface area contributed by atoms with E-state index in [1.54, 1.807) is 18.2 Å². The number of benzene rings is 2. The normalized spacial score (nSPS) is 18.4. The lowest BCUT2D eigenvalue weighted by Gasteiger charge is -2.28. The minimum absolute atomic E-state index is 0.182. The summed E-state index contributed by atoms with van der Waals surface area (Å²) in [5.74, 6) is 0.253. The average molecular weight is 443 g/mol. The standard InChI is InChI=1S/C23H23ClN2O3S/c24-19-6-2-3-7-20(19)29-15-14-26-22(27)21(30-23(26)28)16-17-8-10-18(11-9-17)25-12-4-1-5-13-25/h2-3,6-11,16H,1,4-5,12-15H2/b21-16-. The van der Waals surface area contributed by atoms with Crippen LogP contribution in [0.15, 0.2) is 53.4 Å². The molecule has 30 heavy (non-hydrogen) atoms. The lowest BCUT2D eigenvalue weighted by atomic mass is 10.1. The van der Waals surface area contributed by atoms with Gasteiger partial charge in [0.2, 0.25) is 0 Å². The smallest absolute Gasteiger partial charge is 0.293 e. The van der Waals surface area contributed by atoms with E-state index in [1.807, 2.05) is 24.3 Å². The van der Waals surface area contributed by atoms with E-state index in [-0.39, 0.29) is 24.3 Å². The predicted octanol–water partition coefficient (Wildman–Crippen LogP) is 5.45. The van der Waals surface area contributed by atoms with Gasteiger partial charge in [-0.15, -0.1) is 0 Å². The van der Waals surface area contributed by atoms with Crippen molar-refractivity contribution in [2.24, 2.45) is 0 Å². The minimum Gasteiger partial charge on any atom is -0.490 e. The highest BCUT2D eigenvalue weighted by atomic mass is 35.5. The van der Waals surface area contributed by atoms with Crippen LogP contribution in [0.25, 0.3) is 6.08 Å². The van der Waals surface area contributed by atoms with Crippen LogP contribution >= 0.6 is 23.4 Å². The van der Waals surface area contributed by atoms with Crippen molar-refractivity contribution in [2.45, 2.75) is 19.3 Å². The van der Waals surface area contributed by atoms with Crippen LogP contribution in [-0.2, 0) is 4.79 Å². The van der Waals surface area contributed by atoms with Crippen molar-refractivity contribution < 1.29 is 14.3 Å². The number of anilines is 1. The number of para-hydroxylation sites is 1. The molecule has 2 aromatic rings. The number of halogens is 1. The van der Waals surface area contributed by atoms with E-state index in [0.29, 0.717) is 15.7 Å². The van der Waals surface area contributed by atoms with E-state index in [4.69, 9.17) is 16.3 Å². The first kappa shape index (κ1) is 20.8. The highest BCUT2D eigenvalue weighted by Crippen LogP contribution is 2.32. The molecule has 0 unspecified atom stereocenters. The Labute approximate surface area is 185 Å². The molecule has 2 fully saturated rings. The van der Waals surface area contributed by atoms with Gasteiger partial charge >= 0.3 is 0 Å². The number of carbonyl (C=O) groups is 2. The van der Waals surface area contributed by atoms with Gasteiger partial charge in [-0.25, -0.2) is 0 Å². The number of ether oxygens (including phenoxy) is 1. The Kier molecular flexibility index (Phi) is 6.65. The number of imide groups is 1. The highest BCUT2D eigenvalue weighted by molar-refractivity contribution is 8.18. The molecule has 0 saturated carbocycles. The molecule has 0 N–H and O–H groups in total. The molecule has 2 saturated heterocycles. The summed E-state index contributed by atoms with van der Waals surface area (Å²) < 4.78 is 5.61. The van der Waals surface area contributed by atoms with Crippen LogP contribution in [-0.4, -0.2) is 42.3 Å². The molecule has 0 radical (unpaired) electrons. The third-order valence-electron chi connectivity index (χ3n) is 5.19. The Morgan fingerprint density at radius 1 is 1.00 bits per heavy atom. The molecule has 0 bridgehead atoms. The third-order valence-corrected chi connectivity index (χ3v) is 6.41. The Bertz CT molecular complexity index is 955. The first-order chi connectivity index (χ1) is 14.6. The molecule has 4 rings (SSSR count). The Hall–Kier alpha value is -2.44. The molecule has 0 aromatic heterocycles. The van der Waals surface area contributed by atoms with E-state index in [0.717, 1.165) is 30.4 Å². The van der Waals surface area contributed by atoms with E-state index in [2.05, 4.69) is 17.0 Å². The van der Waals surface area contributed by atoms with Crippen molar-refractivity contribution in [3.05, 3.63) is 64.0 Å². The van der Waals surface area contributed by atoms with Gasteiger partial charge < -0.3 is 9.64 Å². The lowest BCUT2D eigenvalue weighted by Crippen LogP contribution is -2.32. The number of nitrogens with zero attached hydrogens (tertiary/aromatic N) is 2. The molecule has 0 atom stereocenters. The summed E-state index contributed by atoms with van der Waals surface area (Å²) in [6.45, 7) is 2.56. The molecule has 2 amide bonds. The topological polar surface area (TPSA) is 49.9 Å². The van der Waals surface area contributed by atoms with Gasteiger partial charge in [0, 0.05) is 18.8 Å². The summed E-state index contributed by atoms with van der Waals surface area (Å²) in [6, 6.07) is 15.3. The quantitative estimate of drug-likeness (QED) is 0.557. The summed E-state index contributed by atoms with van der Waals surface area (Å²) in [5.41, 5.74) is 2.12. The second-order valence-corrected chi connectivity index (χ2v) is 8.65. The summed E-state index contributed by atoms with van der Waals surface area (Å²) in [6.07, 6.45) is 5.54. The van der Waals surface area contributed by atoms with Gasteiger partial charge in [-0.2, -0.15) is 0 Å². The number of rotatable bonds is 6. The molecule has 5 nitrogen and oxygen atoms in total. The first-order valence-corrected chi connectivity index (χ1v) is 11.3. The zero-order valence-corrected chi connectivity index (χ0v) is 18.1. The maximum atomic E-state index is 12.7. The van der Waals surface area contributed by atoms with E-state index in [9.17, 15) is 9.59 Å². The largest absolute Gasteiger partial charge is 0.490 e. The molecule has 156 valence electrons. The molecular formula is C23H23ClN2O3S. The van der Waals surface area contributed by atoms with Crippen LogP contribution < -0.4 is 9.64 Å². The lowest BCUT2D eigenvalue weighted by molar-refractivity contribution is -0.123. The molecule has 2 aliphatic rings. The number of thioether (sulfide) groups is 1. The van der Waals surface area contributed by atoms with Gasteiger partial charge in [-0.05, 0) is 66.9 Å². The molecule has 7 heteroatoms. The van der Waals surface area contributed by atoms with E-state index in [1.165, 1.54) is 29.8 Å². The minimum atomic E-state index is -0.284. The average Bonchev–Trinajstić information content (AvgIpc) is 3.03. The van der Waals surface area contributed by atoms with Crippen LogP contribution in [0.3, 0.4) is 0 Å². The van der Waals surface area contributed by atoms with Crippen LogP contribution in [0, 0.1) is 0 Å². The van der Waals surface area contributed by atoms with Crippen molar-refractivity contribution in [3.8, 4) is 5.75 Å². The second-order valence-electron chi connectivity index (χ2n) is 7.25. The van der Waals surface area contributed by atoms with Crippen molar-refractivity contribution in [1.29, 1.82) is 0 Å². The SMILES string of the molecule is O=C1S/C(=C\c2ccc(N3CCCCC3)cc2)C(=O)N1CCOc1ccccc1Cl. The van der Waals surface area contributed by atoms with Crippen LogP contribution in [0.5, 0.6) is 5.75 Å². The zero-order chi connectivity index (χ0) is 20.9. The summed E-state index contributed by atoms with van der Waals surface area (Å²) >= 11 is 7.03. The van der Waals surface area contributed by atoms with Crippen molar-refractivity contribution >= 4 is 46.3 Å². The van der Waals surface area contributed by atoms with Crippen molar-refractivity contribution in [3.63, 3.8) is 0 Å². The van der Waals surface area contributed by atoms with Gasteiger partial charge in [0.05, 0.1) is 16.5 Å². The Morgan fingerprint density at radius 2 is 1.73 bits per heavy atom. The molecule has 0 spiro atoms. The number of hydrogen-bond donors (Lipinski definition) is 0. The summed E-state index contributed by atoms with van der Waals surface area (Å²) in [7, 11) is 0. The molecule has 2 heterocycles. The van der Waals surface area contributed by atoms with Crippen LogP contribution in [0.1, 0.15) is 24.8 Å². The third kappa shape index (κ3) is 4.82. The van der Waals surface area contributed by atoms with Crippen LogP contribution in [0.4, 0.5) is 10.5 Å². The van der Waals surface area contributed by atoms with E-state index >= 15 is 0 Å². The Balaban J connectivity index is 1.37. The van der Waals surface area contributed by atoms with Crippen molar-refractivity contribution in [2.75, 3.05) is 31.1 Å². The summed E-state index contributed by atoms with van der Waals surface area (Å²) in [4.78, 5) is 29.0. The Morgan fingerprint density at radius 3 is 2.47 bits per heavy atom. The maximum absolute atomic E-state index is 12.7. The zero-order valence-electron chi connectivity index (χ0n) is 16.6. The number of piperidine rings is 1. The molecule has 0 aliphatic carbocycles. The molecule has 2 aliphatic heterocycles.